The average molecular weight is 472 g/mol. The van der Waals surface area contributed by atoms with Gasteiger partial charge in [0.2, 0.25) is 0 Å². The summed E-state index contributed by atoms with van der Waals surface area (Å²) in [4.78, 5) is 32.7. The van der Waals surface area contributed by atoms with Crippen LogP contribution in [0, 0.1) is 0 Å². The fourth-order valence-corrected chi connectivity index (χ4v) is 4.21. The van der Waals surface area contributed by atoms with E-state index in [9.17, 15) is 4.79 Å². The van der Waals surface area contributed by atoms with Crippen molar-refractivity contribution in [2.24, 2.45) is 4.99 Å². The number of hydrogen-bond donors (Lipinski definition) is 1. The van der Waals surface area contributed by atoms with E-state index in [1.165, 1.54) is 0 Å². The summed E-state index contributed by atoms with van der Waals surface area (Å²) in [6.07, 6.45) is 5.37. The zero-order valence-electron chi connectivity index (χ0n) is 20.9. The number of nitrogens with zero attached hydrogens (tertiary/aromatic N) is 6. The SMILES string of the molecule is C=N/C(=C\N(C)C)c1ccc2cnc(NC(=O)c3ccnc(N4CCN(C(C)C)CC4)c3)cc2c1. The van der Waals surface area contributed by atoms with Crippen molar-refractivity contribution < 1.29 is 4.79 Å². The molecule has 3 heterocycles. The van der Waals surface area contributed by atoms with Gasteiger partial charge in [-0.15, -0.1) is 0 Å². The van der Waals surface area contributed by atoms with Gasteiger partial charge < -0.3 is 15.1 Å². The Morgan fingerprint density at radius 2 is 1.83 bits per heavy atom. The lowest BCUT2D eigenvalue weighted by molar-refractivity contribution is 0.102. The molecule has 35 heavy (non-hydrogen) atoms. The van der Waals surface area contributed by atoms with Crippen LogP contribution >= 0.6 is 0 Å². The lowest BCUT2D eigenvalue weighted by atomic mass is 10.1. The Hall–Kier alpha value is -3.78. The first kappa shape index (κ1) is 24.3. The van der Waals surface area contributed by atoms with Gasteiger partial charge in [0, 0.05) is 81.4 Å². The van der Waals surface area contributed by atoms with Crippen molar-refractivity contribution in [3.63, 3.8) is 0 Å². The summed E-state index contributed by atoms with van der Waals surface area (Å²) >= 11 is 0. The lowest BCUT2D eigenvalue weighted by Crippen LogP contribution is -2.49. The molecule has 0 radical (unpaired) electrons. The smallest absolute Gasteiger partial charge is 0.257 e. The molecule has 1 aliphatic rings. The Labute approximate surface area is 207 Å². The molecule has 1 fully saturated rings. The van der Waals surface area contributed by atoms with Gasteiger partial charge in [0.25, 0.3) is 5.91 Å². The van der Waals surface area contributed by atoms with Crippen molar-refractivity contribution in [3.8, 4) is 0 Å². The highest BCUT2D eigenvalue weighted by Crippen LogP contribution is 2.24. The first-order valence-electron chi connectivity index (χ1n) is 11.9. The van der Waals surface area contributed by atoms with Gasteiger partial charge in [-0.05, 0) is 50.2 Å². The highest BCUT2D eigenvalue weighted by Gasteiger charge is 2.20. The molecule has 1 aromatic carbocycles. The van der Waals surface area contributed by atoms with Crippen LogP contribution in [0.5, 0.6) is 0 Å². The number of aromatic nitrogens is 2. The van der Waals surface area contributed by atoms with Crippen LogP contribution in [0.1, 0.15) is 29.8 Å². The van der Waals surface area contributed by atoms with Crippen LogP contribution in [0.4, 0.5) is 11.6 Å². The molecular formula is C27H33N7O. The number of piperazine rings is 1. The van der Waals surface area contributed by atoms with Crippen LogP contribution in [-0.2, 0) is 0 Å². The van der Waals surface area contributed by atoms with E-state index in [-0.39, 0.29) is 5.91 Å². The maximum Gasteiger partial charge on any atom is 0.257 e. The minimum Gasteiger partial charge on any atom is -0.382 e. The van der Waals surface area contributed by atoms with Gasteiger partial charge in [-0.25, -0.2) is 9.97 Å². The van der Waals surface area contributed by atoms with Crippen molar-refractivity contribution in [1.82, 2.24) is 19.8 Å². The molecule has 1 N–H and O–H groups in total. The van der Waals surface area contributed by atoms with Gasteiger partial charge in [0.05, 0.1) is 5.70 Å². The molecule has 3 aromatic rings. The number of amides is 1. The molecule has 1 saturated heterocycles. The summed E-state index contributed by atoms with van der Waals surface area (Å²) in [5, 5.41) is 4.87. The second-order valence-electron chi connectivity index (χ2n) is 9.24. The predicted octanol–water partition coefficient (Wildman–Crippen LogP) is 3.97. The van der Waals surface area contributed by atoms with Gasteiger partial charge >= 0.3 is 0 Å². The normalized spacial score (nSPS) is 14.9. The Kier molecular flexibility index (Phi) is 7.41. The number of hydrogen-bond acceptors (Lipinski definition) is 7. The fraction of sp³-hybridized carbons (Fsp3) is 0.333. The van der Waals surface area contributed by atoms with Gasteiger partial charge in [0.15, 0.2) is 0 Å². The van der Waals surface area contributed by atoms with E-state index in [2.05, 4.69) is 50.6 Å². The average Bonchev–Trinajstić information content (AvgIpc) is 2.86. The molecule has 1 amide bonds. The highest BCUT2D eigenvalue weighted by atomic mass is 16.1. The minimum absolute atomic E-state index is 0.210. The molecule has 2 aromatic heterocycles. The molecule has 0 aliphatic carbocycles. The van der Waals surface area contributed by atoms with Crippen molar-refractivity contribution in [2.45, 2.75) is 19.9 Å². The van der Waals surface area contributed by atoms with Crippen LogP contribution in [0.25, 0.3) is 16.5 Å². The Bertz CT molecular complexity index is 1240. The van der Waals surface area contributed by atoms with E-state index >= 15 is 0 Å². The Balaban J connectivity index is 1.50. The molecule has 0 saturated carbocycles. The van der Waals surface area contributed by atoms with Crippen molar-refractivity contribution in [1.29, 1.82) is 0 Å². The second kappa shape index (κ2) is 10.7. The number of carbonyl (C=O) groups is 1. The van der Waals surface area contributed by atoms with Crippen LogP contribution in [0.2, 0.25) is 0 Å². The summed E-state index contributed by atoms with van der Waals surface area (Å²) in [7, 11) is 3.89. The van der Waals surface area contributed by atoms with E-state index < -0.39 is 0 Å². The van der Waals surface area contributed by atoms with Crippen molar-refractivity contribution >= 4 is 40.7 Å². The van der Waals surface area contributed by atoms with Crippen molar-refractivity contribution in [2.75, 3.05) is 50.5 Å². The molecule has 1 aliphatic heterocycles. The number of fused-ring (bicyclic) bond motifs is 1. The predicted molar refractivity (Wildman–Crippen MR) is 144 cm³/mol. The molecule has 0 atom stereocenters. The summed E-state index contributed by atoms with van der Waals surface area (Å²) in [5.74, 6) is 1.11. The molecule has 8 nitrogen and oxygen atoms in total. The van der Waals surface area contributed by atoms with Crippen LogP contribution in [0.15, 0.2) is 60.0 Å². The molecule has 4 rings (SSSR count). The number of benzene rings is 1. The monoisotopic (exact) mass is 471 g/mol. The summed E-state index contributed by atoms with van der Waals surface area (Å²) < 4.78 is 0. The van der Waals surface area contributed by atoms with E-state index in [1.54, 1.807) is 18.5 Å². The van der Waals surface area contributed by atoms with E-state index in [0.29, 0.717) is 17.4 Å². The largest absolute Gasteiger partial charge is 0.382 e. The third kappa shape index (κ3) is 5.84. The third-order valence-corrected chi connectivity index (χ3v) is 6.19. The van der Waals surface area contributed by atoms with E-state index in [4.69, 9.17) is 0 Å². The zero-order valence-corrected chi connectivity index (χ0v) is 20.9. The van der Waals surface area contributed by atoms with E-state index in [1.807, 2.05) is 55.5 Å². The first-order chi connectivity index (χ1) is 16.8. The molecule has 0 bridgehead atoms. The maximum absolute atomic E-state index is 13.0. The van der Waals surface area contributed by atoms with Crippen LogP contribution in [-0.4, -0.2) is 78.7 Å². The van der Waals surface area contributed by atoms with Crippen LogP contribution in [0.3, 0.4) is 0 Å². The molecule has 0 spiro atoms. The highest BCUT2D eigenvalue weighted by molar-refractivity contribution is 6.05. The topological polar surface area (TPSA) is 77.0 Å². The number of pyridine rings is 2. The number of carbonyl (C=O) groups excluding carboxylic acids is 1. The quantitative estimate of drug-likeness (QED) is 0.526. The van der Waals surface area contributed by atoms with Gasteiger partial charge in [-0.1, -0.05) is 12.1 Å². The lowest BCUT2D eigenvalue weighted by Gasteiger charge is -2.37. The Morgan fingerprint density at radius 3 is 2.51 bits per heavy atom. The summed E-state index contributed by atoms with van der Waals surface area (Å²) in [6, 6.07) is 12.0. The number of aliphatic imine (C=N–C) groups is 1. The minimum atomic E-state index is -0.210. The van der Waals surface area contributed by atoms with Crippen LogP contribution < -0.4 is 10.2 Å². The molecule has 0 unspecified atom stereocenters. The number of anilines is 2. The standard InChI is InChI=1S/C27H33N7O/c1-19(2)33-10-12-34(13-11-33)26-16-21(8-9-29-26)27(35)31-25-15-23-14-20(6-7-22(23)17-30-25)24(28-3)18-32(4)5/h6-9,14-19H,3,10-13H2,1-2,4-5H3,(H,30,31,35)/b24-18-. The van der Waals surface area contributed by atoms with Gasteiger partial charge in [-0.3, -0.25) is 14.7 Å². The fourth-order valence-electron chi connectivity index (χ4n) is 4.21. The van der Waals surface area contributed by atoms with Crippen molar-refractivity contribution in [3.05, 3.63) is 66.1 Å². The molecule has 182 valence electrons. The first-order valence-corrected chi connectivity index (χ1v) is 11.9. The third-order valence-electron chi connectivity index (χ3n) is 6.19. The van der Waals surface area contributed by atoms with Gasteiger partial charge in [-0.2, -0.15) is 0 Å². The van der Waals surface area contributed by atoms with E-state index in [0.717, 1.165) is 54.0 Å². The molecule has 8 heteroatoms. The number of rotatable bonds is 7. The van der Waals surface area contributed by atoms with Gasteiger partial charge in [0.1, 0.15) is 11.6 Å². The zero-order chi connectivity index (χ0) is 24.9. The summed E-state index contributed by atoms with van der Waals surface area (Å²) in [5.41, 5.74) is 2.28. The second-order valence-corrected chi connectivity index (χ2v) is 9.24. The maximum atomic E-state index is 13.0. The molecular weight excluding hydrogens is 438 g/mol. The summed E-state index contributed by atoms with van der Waals surface area (Å²) in [6.45, 7) is 11.9. The number of nitrogens with one attached hydrogen (secondary N) is 1. The Morgan fingerprint density at radius 1 is 1.06 bits per heavy atom.